The van der Waals surface area contributed by atoms with Crippen molar-refractivity contribution >= 4 is 15.7 Å². The third kappa shape index (κ3) is 6.31. The summed E-state index contributed by atoms with van der Waals surface area (Å²) in [6, 6.07) is 7.97. The lowest BCUT2D eigenvalue weighted by atomic mass is 10.1. The van der Waals surface area contributed by atoms with E-state index in [1.54, 1.807) is 6.92 Å². The molecule has 6 heteroatoms. The van der Waals surface area contributed by atoms with Crippen molar-refractivity contribution in [1.29, 1.82) is 0 Å². The van der Waals surface area contributed by atoms with E-state index in [0.29, 0.717) is 13.0 Å². The molecule has 0 saturated heterocycles. The molecule has 1 rings (SSSR count). The SMILES string of the molecule is CCCS(=O)(=O)[C@H](C)C(=O)NCc1cccc(CN(C)CC)c1. The van der Waals surface area contributed by atoms with Gasteiger partial charge >= 0.3 is 0 Å². The van der Waals surface area contributed by atoms with Crippen molar-refractivity contribution in [2.75, 3.05) is 19.3 Å². The zero-order chi connectivity index (χ0) is 17.5. The summed E-state index contributed by atoms with van der Waals surface area (Å²) < 4.78 is 23.9. The molecule has 0 spiro atoms. The van der Waals surface area contributed by atoms with Gasteiger partial charge in [-0.25, -0.2) is 8.42 Å². The summed E-state index contributed by atoms with van der Waals surface area (Å²) in [5.41, 5.74) is 2.15. The zero-order valence-electron chi connectivity index (χ0n) is 14.5. The molecule has 23 heavy (non-hydrogen) atoms. The predicted molar refractivity (Wildman–Crippen MR) is 93.8 cm³/mol. The molecule has 1 aromatic rings. The summed E-state index contributed by atoms with van der Waals surface area (Å²) in [5, 5.41) is 1.72. The molecule has 1 N–H and O–H groups in total. The number of sulfone groups is 1. The Morgan fingerprint density at radius 1 is 1.26 bits per heavy atom. The summed E-state index contributed by atoms with van der Waals surface area (Å²) >= 11 is 0. The Hall–Kier alpha value is -1.40. The minimum atomic E-state index is -3.36. The van der Waals surface area contributed by atoms with E-state index >= 15 is 0 Å². The van der Waals surface area contributed by atoms with E-state index in [1.807, 2.05) is 24.3 Å². The summed E-state index contributed by atoms with van der Waals surface area (Å²) in [6.45, 7) is 7.50. The number of nitrogens with one attached hydrogen (secondary N) is 1. The van der Waals surface area contributed by atoms with Gasteiger partial charge in [-0.2, -0.15) is 0 Å². The second-order valence-corrected chi connectivity index (χ2v) is 8.32. The summed E-state index contributed by atoms with van der Waals surface area (Å²) in [4.78, 5) is 14.2. The van der Waals surface area contributed by atoms with Crippen molar-refractivity contribution in [3.63, 3.8) is 0 Å². The van der Waals surface area contributed by atoms with E-state index in [0.717, 1.165) is 18.7 Å². The highest BCUT2D eigenvalue weighted by atomic mass is 32.2. The number of benzene rings is 1. The van der Waals surface area contributed by atoms with Crippen LogP contribution >= 0.6 is 0 Å². The fraction of sp³-hybridized carbons (Fsp3) is 0.588. The number of rotatable bonds is 9. The Kier molecular flexibility index (Phi) is 7.72. The van der Waals surface area contributed by atoms with E-state index in [2.05, 4.69) is 24.2 Å². The number of nitrogens with zero attached hydrogens (tertiary/aromatic N) is 1. The average molecular weight is 340 g/mol. The van der Waals surface area contributed by atoms with Crippen LogP contribution in [-0.2, 0) is 27.7 Å². The molecule has 1 aromatic carbocycles. The third-order valence-corrected chi connectivity index (χ3v) is 6.12. The lowest BCUT2D eigenvalue weighted by molar-refractivity contribution is -0.120. The molecule has 0 aromatic heterocycles. The van der Waals surface area contributed by atoms with E-state index in [4.69, 9.17) is 0 Å². The Bertz CT molecular complexity index is 614. The standard InChI is InChI=1S/C17H28N2O3S/c1-5-10-23(21,22)14(3)17(20)18-12-15-8-7-9-16(11-15)13-19(4)6-2/h7-9,11,14H,5-6,10,12-13H2,1-4H3,(H,18,20)/t14-/m1/s1. The van der Waals surface area contributed by atoms with Gasteiger partial charge in [0, 0.05) is 13.1 Å². The molecule has 0 aliphatic rings. The second kappa shape index (κ2) is 9.03. The first-order valence-electron chi connectivity index (χ1n) is 8.05. The molecule has 0 aliphatic carbocycles. The van der Waals surface area contributed by atoms with Crippen LogP contribution in [0.2, 0.25) is 0 Å². The van der Waals surface area contributed by atoms with Gasteiger partial charge in [0.1, 0.15) is 5.25 Å². The quantitative estimate of drug-likeness (QED) is 0.746. The van der Waals surface area contributed by atoms with E-state index < -0.39 is 21.0 Å². The van der Waals surface area contributed by atoms with Crippen LogP contribution in [0, 0.1) is 0 Å². The molecule has 0 bridgehead atoms. The highest BCUT2D eigenvalue weighted by molar-refractivity contribution is 7.92. The molecule has 1 atom stereocenters. The van der Waals surface area contributed by atoms with Gasteiger partial charge in [-0.1, -0.05) is 38.1 Å². The van der Waals surface area contributed by atoms with Crippen LogP contribution in [0.15, 0.2) is 24.3 Å². The van der Waals surface area contributed by atoms with Crippen LogP contribution in [0.25, 0.3) is 0 Å². The van der Waals surface area contributed by atoms with Crippen LogP contribution < -0.4 is 5.32 Å². The molecule has 0 unspecified atom stereocenters. The maximum Gasteiger partial charge on any atom is 0.238 e. The normalized spacial score (nSPS) is 13.1. The van der Waals surface area contributed by atoms with Gasteiger partial charge in [0.25, 0.3) is 0 Å². The lowest BCUT2D eigenvalue weighted by Crippen LogP contribution is -2.38. The molecule has 0 heterocycles. The van der Waals surface area contributed by atoms with Crippen LogP contribution in [0.4, 0.5) is 0 Å². The zero-order valence-corrected chi connectivity index (χ0v) is 15.3. The van der Waals surface area contributed by atoms with Gasteiger partial charge in [-0.15, -0.1) is 0 Å². The van der Waals surface area contributed by atoms with Gasteiger partial charge in [-0.05, 0) is 38.1 Å². The topological polar surface area (TPSA) is 66.5 Å². The minimum Gasteiger partial charge on any atom is -0.351 e. The van der Waals surface area contributed by atoms with Crippen molar-refractivity contribution in [2.24, 2.45) is 0 Å². The number of hydrogen-bond donors (Lipinski definition) is 1. The van der Waals surface area contributed by atoms with Gasteiger partial charge in [0.2, 0.25) is 5.91 Å². The maximum atomic E-state index is 12.0. The van der Waals surface area contributed by atoms with Gasteiger partial charge < -0.3 is 10.2 Å². The first-order chi connectivity index (χ1) is 10.8. The molecule has 0 saturated carbocycles. The maximum absolute atomic E-state index is 12.0. The first-order valence-corrected chi connectivity index (χ1v) is 9.77. The van der Waals surface area contributed by atoms with Crippen LogP contribution in [0.1, 0.15) is 38.3 Å². The number of carbonyl (C=O) groups is 1. The Morgan fingerprint density at radius 3 is 2.52 bits per heavy atom. The number of amides is 1. The summed E-state index contributed by atoms with van der Waals surface area (Å²) in [6.07, 6.45) is 0.521. The fourth-order valence-electron chi connectivity index (χ4n) is 2.22. The first kappa shape index (κ1) is 19.6. The number of carbonyl (C=O) groups excluding carboxylic acids is 1. The third-order valence-electron chi connectivity index (χ3n) is 3.85. The van der Waals surface area contributed by atoms with Gasteiger partial charge in [0.15, 0.2) is 9.84 Å². The van der Waals surface area contributed by atoms with Gasteiger partial charge in [0.05, 0.1) is 5.75 Å². The van der Waals surface area contributed by atoms with E-state index in [-0.39, 0.29) is 5.75 Å². The fourth-order valence-corrected chi connectivity index (χ4v) is 3.55. The Morgan fingerprint density at radius 2 is 1.91 bits per heavy atom. The highest BCUT2D eigenvalue weighted by Gasteiger charge is 2.26. The Labute approximate surface area is 140 Å². The van der Waals surface area contributed by atoms with E-state index in [9.17, 15) is 13.2 Å². The summed E-state index contributed by atoms with van der Waals surface area (Å²) in [5.74, 6) is -0.394. The van der Waals surface area contributed by atoms with Crippen LogP contribution in [-0.4, -0.2) is 43.8 Å². The molecule has 0 fully saturated rings. The second-order valence-electron chi connectivity index (χ2n) is 5.88. The molecular weight excluding hydrogens is 312 g/mol. The van der Waals surface area contributed by atoms with Gasteiger partial charge in [-0.3, -0.25) is 4.79 Å². The molecule has 5 nitrogen and oxygen atoms in total. The van der Waals surface area contributed by atoms with Crippen LogP contribution in [0.5, 0.6) is 0 Å². The summed E-state index contributed by atoms with van der Waals surface area (Å²) in [7, 11) is -1.31. The lowest BCUT2D eigenvalue weighted by Gasteiger charge is -2.15. The van der Waals surface area contributed by atoms with Crippen molar-refractivity contribution in [3.8, 4) is 0 Å². The van der Waals surface area contributed by atoms with Crippen molar-refractivity contribution in [1.82, 2.24) is 10.2 Å². The highest BCUT2D eigenvalue weighted by Crippen LogP contribution is 2.09. The van der Waals surface area contributed by atoms with Crippen LogP contribution in [0.3, 0.4) is 0 Å². The minimum absolute atomic E-state index is 0.0421. The predicted octanol–water partition coefficient (Wildman–Crippen LogP) is 1.97. The molecule has 0 aliphatic heterocycles. The Balaban J connectivity index is 2.64. The number of hydrogen-bond acceptors (Lipinski definition) is 4. The van der Waals surface area contributed by atoms with Crippen molar-refractivity contribution in [2.45, 2.75) is 45.5 Å². The monoisotopic (exact) mass is 340 g/mol. The largest absolute Gasteiger partial charge is 0.351 e. The molecule has 130 valence electrons. The molecule has 1 amide bonds. The van der Waals surface area contributed by atoms with Crippen molar-refractivity contribution < 1.29 is 13.2 Å². The average Bonchev–Trinajstić information content (AvgIpc) is 2.52. The molecule has 0 radical (unpaired) electrons. The smallest absolute Gasteiger partial charge is 0.238 e. The van der Waals surface area contributed by atoms with E-state index in [1.165, 1.54) is 12.5 Å². The molecular formula is C17H28N2O3S. The van der Waals surface area contributed by atoms with Crippen molar-refractivity contribution in [3.05, 3.63) is 35.4 Å².